The Morgan fingerprint density at radius 3 is 2.67 bits per heavy atom. The van der Waals surface area contributed by atoms with Crippen molar-refractivity contribution in [1.82, 2.24) is 0 Å². The Balaban J connectivity index is 1.39. The third-order valence-electron chi connectivity index (χ3n) is 11.2. The van der Waals surface area contributed by atoms with Crippen molar-refractivity contribution >= 4 is 17.5 Å². The standard InChI is InChI=1S/C32H44O7/c1-18(2)28(36)37-17-25(35)32-26(38-29(39-32)19-8-6-5-7-9-19)15-23-22-11-10-20-14-21(33)12-13-30(20,3)27(22)24(34)16-31(23,32)4/h12-14,18-19,22-24,26-27,29,34H,5-11,15-17H2,1-4H3/t22-,23-,24-,26+,27+,29+,30-,31-,32+/m0/s1/i10D2. The SMILES string of the molecule is [2H]C1([2H])C[C@@H]2[C@H]([C@@H](O)C[C@@]3(C)[C@H]2C[C@H]2O[C@@H](C4CCCCC4)O[C@]23C(=O)COC(=O)C(C)C)[C@@]2(C)C=CC(=O)C=C12. The lowest BCUT2D eigenvalue weighted by Gasteiger charge is -2.59. The molecule has 6 aliphatic rings. The van der Waals surface area contributed by atoms with Crippen molar-refractivity contribution in [1.29, 1.82) is 0 Å². The first-order chi connectivity index (χ1) is 19.2. The molecule has 1 saturated heterocycles. The van der Waals surface area contributed by atoms with Gasteiger partial charge in [-0.1, -0.05) is 58.6 Å². The lowest BCUT2D eigenvalue weighted by atomic mass is 9.46. The van der Waals surface area contributed by atoms with Crippen LogP contribution in [0.15, 0.2) is 23.8 Å². The highest BCUT2D eigenvalue weighted by Crippen LogP contribution is 2.70. The van der Waals surface area contributed by atoms with Crippen LogP contribution in [0.2, 0.25) is 0 Å². The summed E-state index contributed by atoms with van der Waals surface area (Å²) in [6.45, 7) is 6.95. The van der Waals surface area contributed by atoms with Crippen LogP contribution in [-0.2, 0) is 28.6 Å². The molecule has 0 amide bonds. The van der Waals surface area contributed by atoms with Gasteiger partial charge >= 0.3 is 5.97 Å². The van der Waals surface area contributed by atoms with E-state index in [0.717, 1.165) is 25.7 Å². The highest BCUT2D eigenvalue weighted by atomic mass is 16.7. The summed E-state index contributed by atoms with van der Waals surface area (Å²) in [5.41, 5.74) is -2.65. The second-order valence-corrected chi connectivity index (χ2v) is 13.6. The van der Waals surface area contributed by atoms with E-state index in [9.17, 15) is 19.5 Å². The molecule has 1 aliphatic heterocycles. The van der Waals surface area contributed by atoms with E-state index in [1.807, 2.05) is 13.8 Å². The summed E-state index contributed by atoms with van der Waals surface area (Å²) >= 11 is 0. The second-order valence-electron chi connectivity index (χ2n) is 13.6. The number of hydrogen-bond donors (Lipinski definition) is 1. The lowest BCUT2D eigenvalue weighted by Crippen LogP contribution is -2.63. The van der Waals surface area contributed by atoms with E-state index in [2.05, 4.69) is 0 Å². The number of allylic oxidation sites excluding steroid dienone is 4. The molecule has 39 heavy (non-hydrogen) atoms. The fourth-order valence-electron chi connectivity index (χ4n) is 9.23. The van der Waals surface area contributed by atoms with Crippen LogP contribution in [0.4, 0.5) is 0 Å². The molecule has 214 valence electrons. The second kappa shape index (κ2) is 9.63. The van der Waals surface area contributed by atoms with E-state index in [-0.39, 0.29) is 54.0 Å². The fourth-order valence-corrected chi connectivity index (χ4v) is 9.23. The molecular formula is C32H44O7. The molecule has 4 saturated carbocycles. The molecule has 0 aromatic heterocycles. The van der Waals surface area contributed by atoms with E-state index < -0.39 is 53.9 Å². The van der Waals surface area contributed by atoms with Gasteiger partial charge in [-0.2, -0.15) is 0 Å². The van der Waals surface area contributed by atoms with Gasteiger partial charge in [0.1, 0.15) is 0 Å². The molecule has 1 heterocycles. The third kappa shape index (κ3) is 3.97. The minimum Gasteiger partial charge on any atom is -0.457 e. The molecule has 1 N–H and O–H groups in total. The fraction of sp³-hybridized carbons (Fsp3) is 0.781. The van der Waals surface area contributed by atoms with E-state index in [4.69, 9.17) is 17.0 Å². The molecule has 9 atom stereocenters. The quantitative estimate of drug-likeness (QED) is 0.503. The van der Waals surface area contributed by atoms with Crippen LogP contribution in [0.3, 0.4) is 0 Å². The number of ether oxygens (including phenoxy) is 3. The minimum absolute atomic E-state index is 0.142. The molecule has 5 fully saturated rings. The van der Waals surface area contributed by atoms with Gasteiger partial charge in [0.2, 0.25) is 5.78 Å². The first-order valence-electron chi connectivity index (χ1n) is 15.9. The number of carbonyl (C=O) groups excluding carboxylic acids is 3. The van der Waals surface area contributed by atoms with Crippen LogP contribution < -0.4 is 0 Å². The lowest BCUT2D eigenvalue weighted by molar-refractivity contribution is -0.210. The Bertz CT molecular complexity index is 1190. The van der Waals surface area contributed by atoms with Gasteiger partial charge < -0.3 is 19.3 Å². The Morgan fingerprint density at radius 2 is 1.95 bits per heavy atom. The molecule has 0 aromatic carbocycles. The number of rotatable bonds is 5. The summed E-state index contributed by atoms with van der Waals surface area (Å²) in [6, 6.07) is 0. The Labute approximate surface area is 234 Å². The van der Waals surface area contributed by atoms with E-state index in [0.29, 0.717) is 12.0 Å². The molecule has 0 aromatic rings. The maximum atomic E-state index is 14.3. The summed E-state index contributed by atoms with van der Waals surface area (Å²) in [5, 5.41) is 11.9. The summed E-state index contributed by atoms with van der Waals surface area (Å²) in [5.74, 6) is -1.98. The number of aliphatic hydroxyl groups excluding tert-OH is 1. The molecule has 6 rings (SSSR count). The van der Waals surface area contributed by atoms with Crippen LogP contribution in [0, 0.1) is 40.4 Å². The average Bonchev–Trinajstić information content (AvgIpc) is 3.41. The first kappa shape index (κ1) is 24.9. The first-order valence-corrected chi connectivity index (χ1v) is 14.9. The summed E-state index contributed by atoms with van der Waals surface area (Å²) < 4.78 is 37.0. The molecular weight excluding hydrogens is 496 g/mol. The topological polar surface area (TPSA) is 99.1 Å². The number of aliphatic hydroxyl groups is 1. The van der Waals surface area contributed by atoms with Crippen molar-refractivity contribution in [2.45, 2.75) is 110 Å². The monoisotopic (exact) mass is 542 g/mol. The van der Waals surface area contributed by atoms with Crippen LogP contribution in [0.1, 0.15) is 88.2 Å². The van der Waals surface area contributed by atoms with Crippen molar-refractivity contribution in [3.05, 3.63) is 23.8 Å². The molecule has 0 spiro atoms. The Hall–Kier alpha value is -1.83. The number of Topliss-reactive ketones (excluding diaryl/α,β-unsaturated/α-hetero) is 1. The highest BCUT2D eigenvalue weighted by Gasteiger charge is 2.76. The van der Waals surface area contributed by atoms with E-state index >= 15 is 0 Å². The molecule has 0 unspecified atom stereocenters. The van der Waals surface area contributed by atoms with Gasteiger partial charge in [-0.15, -0.1) is 0 Å². The van der Waals surface area contributed by atoms with Gasteiger partial charge in [-0.3, -0.25) is 14.4 Å². The Kier molecular flexibility index (Phi) is 6.15. The van der Waals surface area contributed by atoms with E-state index in [1.165, 1.54) is 18.6 Å². The maximum absolute atomic E-state index is 14.3. The number of ketones is 2. The van der Waals surface area contributed by atoms with Crippen molar-refractivity contribution in [3.8, 4) is 0 Å². The zero-order valence-corrected chi connectivity index (χ0v) is 23.6. The summed E-state index contributed by atoms with van der Waals surface area (Å²) in [4.78, 5) is 38.9. The minimum atomic E-state index is -1.75. The predicted molar refractivity (Wildman–Crippen MR) is 143 cm³/mol. The highest BCUT2D eigenvalue weighted by molar-refractivity contribution is 6.01. The number of esters is 1. The number of hydrogen-bond acceptors (Lipinski definition) is 7. The summed E-state index contributed by atoms with van der Waals surface area (Å²) in [7, 11) is 0. The molecule has 5 aliphatic carbocycles. The molecule has 0 radical (unpaired) electrons. The largest absolute Gasteiger partial charge is 0.457 e. The molecule has 7 nitrogen and oxygen atoms in total. The smallest absolute Gasteiger partial charge is 0.308 e. The van der Waals surface area contributed by atoms with Crippen LogP contribution in [0.25, 0.3) is 0 Å². The van der Waals surface area contributed by atoms with Gasteiger partial charge in [-0.25, -0.2) is 0 Å². The number of fused-ring (bicyclic) bond motifs is 7. The normalized spacial score (nSPS) is 47.3. The van der Waals surface area contributed by atoms with Gasteiger partial charge in [0.25, 0.3) is 0 Å². The zero-order chi connectivity index (χ0) is 29.5. The average molecular weight is 543 g/mol. The third-order valence-corrected chi connectivity index (χ3v) is 11.2. The summed E-state index contributed by atoms with van der Waals surface area (Å²) in [6.07, 6.45) is 7.18. The van der Waals surface area contributed by atoms with Crippen LogP contribution in [0.5, 0.6) is 0 Å². The molecule has 7 heteroatoms. The Morgan fingerprint density at radius 1 is 1.21 bits per heavy atom. The van der Waals surface area contributed by atoms with E-state index in [1.54, 1.807) is 19.9 Å². The van der Waals surface area contributed by atoms with Crippen molar-refractivity contribution in [3.63, 3.8) is 0 Å². The van der Waals surface area contributed by atoms with Gasteiger partial charge in [0.15, 0.2) is 24.3 Å². The van der Waals surface area contributed by atoms with Crippen molar-refractivity contribution in [2.24, 2.45) is 40.4 Å². The maximum Gasteiger partial charge on any atom is 0.308 e. The molecule has 0 bridgehead atoms. The van der Waals surface area contributed by atoms with Crippen LogP contribution >= 0.6 is 0 Å². The van der Waals surface area contributed by atoms with Crippen LogP contribution in [-0.4, -0.2) is 53.3 Å². The van der Waals surface area contributed by atoms with Gasteiger partial charge in [-0.05, 0) is 62.5 Å². The van der Waals surface area contributed by atoms with Gasteiger partial charge in [0, 0.05) is 25.4 Å². The van der Waals surface area contributed by atoms with Crippen molar-refractivity contribution in [2.75, 3.05) is 6.61 Å². The van der Waals surface area contributed by atoms with Crippen molar-refractivity contribution < 1.29 is 36.4 Å². The van der Waals surface area contributed by atoms with Gasteiger partial charge in [0.05, 0.1) is 18.1 Å². The zero-order valence-electron chi connectivity index (χ0n) is 25.6. The predicted octanol–water partition coefficient (Wildman–Crippen LogP) is 4.70. The number of carbonyl (C=O) groups is 3.